The number of hydrogen-bond donors (Lipinski definition) is 2. The van der Waals surface area contributed by atoms with Crippen LogP contribution < -0.4 is 5.73 Å². The molecular weight excluding hydrogens is 126 g/mol. The first-order chi connectivity index (χ1) is 4.72. The number of aliphatic hydroxyl groups is 1. The minimum Gasteiger partial charge on any atom is -0.396 e. The van der Waals surface area contributed by atoms with Crippen molar-refractivity contribution >= 4 is 0 Å². The Morgan fingerprint density at radius 1 is 1.50 bits per heavy atom. The fourth-order valence-corrected chi connectivity index (χ4v) is 0.987. The Morgan fingerprint density at radius 3 is 2.40 bits per heavy atom. The second-order valence-corrected chi connectivity index (χ2v) is 2.94. The molecular formula is C8H19NO. The summed E-state index contributed by atoms with van der Waals surface area (Å²) in [4.78, 5) is 0. The minimum absolute atomic E-state index is 0.136. The van der Waals surface area contributed by atoms with Crippen molar-refractivity contribution in [2.45, 2.75) is 39.2 Å². The highest BCUT2D eigenvalue weighted by atomic mass is 16.3. The van der Waals surface area contributed by atoms with Crippen LogP contribution >= 0.6 is 0 Å². The van der Waals surface area contributed by atoms with Crippen LogP contribution in [0.25, 0.3) is 0 Å². The number of unbranched alkanes of at least 4 members (excludes halogenated alkanes) is 1. The second-order valence-electron chi connectivity index (χ2n) is 2.94. The predicted molar refractivity (Wildman–Crippen MR) is 43.8 cm³/mol. The summed E-state index contributed by atoms with van der Waals surface area (Å²) >= 11 is 0. The van der Waals surface area contributed by atoms with Crippen LogP contribution in [-0.2, 0) is 0 Å². The Balaban J connectivity index is 3.40. The van der Waals surface area contributed by atoms with E-state index in [-0.39, 0.29) is 12.6 Å². The van der Waals surface area contributed by atoms with Gasteiger partial charge in [-0.2, -0.15) is 0 Å². The lowest BCUT2D eigenvalue weighted by Crippen LogP contribution is -2.29. The molecule has 2 heteroatoms. The Bertz CT molecular complexity index is 73.7. The molecule has 3 N–H and O–H groups in total. The van der Waals surface area contributed by atoms with Crippen molar-refractivity contribution in [3.8, 4) is 0 Å². The van der Waals surface area contributed by atoms with Crippen LogP contribution in [0.3, 0.4) is 0 Å². The summed E-state index contributed by atoms with van der Waals surface area (Å²) in [6.45, 7) is 4.34. The molecule has 10 heavy (non-hydrogen) atoms. The van der Waals surface area contributed by atoms with E-state index in [1.165, 1.54) is 12.8 Å². The molecule has 0 saturated carbocycles. The van der Waals surface area contributed by atoms with Crippen molar-refractivity contribution < 1.29 is 5.11 Å². The summed E-state index contributed by atoms with van der Waals surface area (Å²) < 4.78 is 0. The monoisotopic (exact) mass is 145 g/mol. The van der Waals surface area contributed by atoms with E-state index in [4.69, 9.17) is 10.8 Å². The zero-order valence-electron chi connectivity index (χ0n) is 7.01. The van der Waals surface area contributed by atoms with Gasteiger partial charge in [-0.15, -0.1) is 0 Å². The molecule has 0 spiro atoms. The number of rotatable bonds is 5. The third-order valence-electron chi connectivity index (χ3n) is 1.91. The van der Waals surface area contributed by atoms with Gasteiger partial charge in [-0.05, 0) is 19.3 Å². The highest BCUT2D eigenvalue weighted by Crippen LogP contribution is 2.10. The van der Waals surface area contributed by atoms with Gasteiger partial charge in [0.15, 0.2) is 0 Å². The van der Waals surface area contributed by atoms with Crippen molar-refractivity contribution in [2.75, 3.05) is 6.61 Å². The molecule has 0 amide bonds. The molecule has 2 nitrogen and oxygen atoms in total. The molecule has 2 unspecified atom stereocenters. The van der Waals surface area contributed by atoms with E-state index < -0.39 is 0 Å². The van der Waals surface area contributed by atoms with Crippen LogP contribution in [-0.4, -0.2) is 17.8 Å². The summed E-state index contributed by atoms with van der Waals surface area (Å²) in [6.07, 6.45) is 3.42. The number of aliphatic hydroxyl groups excluding tert-OH is 1. The van der Waals surface area contributed by atoms with Crippen molar-refractivity contribution in [1.29, 1.82) is 0 Å². The topological polar surface area (TPSA) is 46.2 Å². The number of hydrogen-bond acceptors (Lipinski definition) is 2. The maximum Gasteiger partial charge on any atom is 0.0473 e. The van der Waals surface area contributed by atoms with E-state index in [2.05, 4.69) is 6.92 Å². The molecule has 0 aromatic heterocycles. The SMILES string of the molecule is CCCCC(CO)C(C)N. The third kappa shape index (κ3) is 3.85. The van der Waals surface area contributed by atoms with Crippen molar-refractivity contribution in [3.05, 3.63) is 0 Å². The van der Waals surface area contributed by atoms with Gasteiger partial charge in [0.05, 0.1) is 0 Å². The maximum absolute atomic E-state index is 8.84. The van der Waals surface area contributed by atoms with Crippen LogP contribution in [0.4, 0.5) is 0 Å². The zero-order valence-corrected chi connectivity index (χ0v) is 7.01. The van der Waals surface area contributed by atoms with E-state index in [1.807, 2.05) is 6.92 Å². The van der Waals surface area contributed by atoms with Gasteiger partial charge in [0.2, 0.25) is 0 Å². The van der Waals surface area contributed by atoms with Gasteiger partial charge in [-0.25, -0.2) is 0 Å². The summed E-state index contributed by atoms with van der Waals surface area (Å²) in [7, 11) is 0. The second kappa shape index (κ2) is 5.69. The van der Waals surface area contributed by atoms with Crippen LogP contribution in [0.15, 0.2) is 0 Å². The highest BCUT2D eigenvalue weighted by Gasteiger charge is 2.10. The summed E-state index contributed by atoms with van der Waals surface area (Å²) in [5.74, 6) is 0.306. The van der Waals surface area contributed by atoms with E-state index in [0.717, 1.165) is 6.42 Å². The average Bonchev–Trinajstić information content (AvgIpc) is 1.89. The quantitative estimate of drug-likeness (QED) is 0.609. The molecule has 0 rings (SSSR count). The minimum atomic E-state index is 0.136. The molecule has 0 saturated heterocycles. The lowest BCUT2D eigenvalue weighted by atomic mass is 9.97. The smallest absolute Gasteiger partial charge is 0.0473 e. The molecule has 2 atom stereocenters. The van der Waals surface area contributed by atoms with E-state index in [0.29, 0.717) is 5.92 Å². The first-order valence-corrected chi connectivity index (χ1v) is 4.08. The summed E-state index contributed by atoms with van der Waals surface area (Å²) in [5, 5.41) is 8.84. The van der Waals surface area contributed by atoms with E-state index >= 15 is 0 Å². The normalized spacial score (nSPS) is 16.8. The van der Waals surface area contributed by atoms with Crippen LogP contribution in [0.2, 0.25) is 0 Å². The fourth-order valence-electron chi connectivity index (χ4n) is 0.987. The Morgan fingerprint density at radius 2 is 2.10 bits per heavy atom. The third-order valence-corrected chi connectivity index (χ3v) is 1.91. The molecule has 0 aliphatic heterocycles. The zero-order chi connectivity index (χ0) is 7.98. The van der Waals surface area contributed by atoms with Gasteiger partial charge in [-0.1, -0.05) is 19.8 Å². The first kappa shape index (κ1) is 9.92. The molecule has 0 aliphatic carbocycles. The van der Waals surface area contributed by atoms with Gasteiger partial charge < -0.3 is 10.8 Å². The summed E-state index contributed by atoms with van der Waals surface area (Å²) in [6, 6.07) is 0.136. The van der Waals surface area contributed by atoms with Crippen molar-refractivity contribution in [1.82, 2.24) is 0 Å². The number of nitrogens with two attached hydrogens (primary N) is 1. The molecule has 0 radical (unpaired) electrons. The van der Waals surface area contributed by atoms with Gasteiger partial charge in [0.25, 0.3) is 0 Å². The van der Waals surface area contributed by atoms with Gasteiger partial charge in [0, 0.05) is 12.6 Å². The Hall–Kier alpha value is -0.0800. The van der Waals surface area contributed by atoms with Gasteiger partial charge in [0.1, 0.15) is 0 Å². The van der Waals surface area contributed by atoms with Gasteiger partial charge >= 0.3 is 0 Å². The first-order valence-electron chi connectivity index (χ1n) is 4.08. The lowest BCUT2D eigenvalue weighted by Gasteiger charge is -2.16. The molecule has 0 aromatic rings. The average molecular weight is 145 g/mol. The molecule has 0 aliphatic rings. The standard InChI is InChI=1S/C8H19NO/c1-3-4-5-8(6-10)7(2)9/h7-8,10H,3-6,9H2,1-2H3. The van der Waals surface area contributed by atoms with Crippen molar-refractivity contribution in [2.24, 2.45) is 11.7 Å². The Kier molecular flexibility index (Phi) is 5.64. The predicted octanol–water partition coefficient (Wildman–Crippen LogP) is 1.13. The van der Waals surface area contributed by atoms with E-state index in [1.54, 1.807) is 0 Å². The molecule has 0 fully saturated rings. The molecule has 0 bridgehead atoms. The lowest BCUT2D eigenvalue weighted by molar-refractivity contribution is 0.198. The Labute approximate surface area is 63.4 Å². The van der Waals surface area contributed by atoms with Crippen LogP contribution in [0.1, 0.15) is 33.1 Å². The maximum atomic E-state index is 8.84. The molecule has 62 valence electrons. The van der Waals surface area contributed by atoms with Crippen LogP contribution in [0.5, 0.6) is 0 Å². The largest absolute Gasteiger partial charge is 0.396 e. The van der Waals surface area contributed by atoms with Crippen LogP contribution in [0, 0.1) is 5.92 Å². The molecule has 0 heterocycles. The van der Waals surface area contributed by atoms with Gasteiger partial charge in [-0.3, -0.25) is 0 Å². The van der Waals surface area contributed by atoms with Crippen molar-refractivity contribution in [3.63, 3.8) is 0 Å². The van der Waals surface area contributed by atoms with E-state index in [9.17, 15) is 0 Å². The molecule has 0 aromatic carbocycles. The highest BCUT2D eigenvalue weighted by molar-refractivity contribution is 4.66. The summed E-state index contributed by atoms with van der Waals surface area (Å²) in [5.41, 5.74) is 5.63. The fraction of sp³-hybridized carbons (Fsp3) is 1.00.